The summed E-state index contributed by atoms with van der Waals surface area (Å²) >= 11 is 0. The van der Waals surface area contributed by atoms with Gasteiger partial charge in [-0.2, -0.15) is 0 Å². The van der Waals surface area contributed by atoms with Gasteiger partial charge in [-0.3, -0.25) is 4.79 Å². The molecule has 0 radical (unpaired) electrons. The van der Waals surface area contributed by atoms with Crippen LogP contribution in [0.3, 0.4) is 0 Å². The maximum Gasteiger partial charge on any atom is 0.344 e. The lowest BCUT2D eigenvalue weighted by Crippen LogP contribution is -2.12. The van der Waals surface area contributed by atoms with E-state index in [1.54, 1.807) is 55.6 Å². The third kappa shape index (κ3) is 3.38. The number of para-hydroxylation sites is 3. The van der Waals surface area contributed by atoms with Crippen molar-refractivity contribution in [1.82, 2.24) is 0 Å². The SMILES string of the molecule is COc1ccccc1NC(=O)c1ccc(-c2cc3ccccc3oc2=O)cc1. The Labute approximate surface area is 161 Å². The van der Waals surface area contributed by atoms with E-state index < -0.39 is 5.63 Å². The highest BCUT2D eigenvalue weighted by atomic mass is 16.5. The number of carbonyl (C=O) groups is 1. The summed E-state index contributed by atoms with van der Waals surface area (Å²) in [4.78, 5) is 24.8. The first kappa shape index (κ1) is 17.5. The van der Waals surface area contributed by atoms with E-state index in [1.807, 2.05) is 30.3 Å². The number of nitrogens with one attached hydrogen (secondary N) is 1. The van der Waals surface area contributed by atoms with Crippen LogP contribution in [0.2, 0.25) is 0 Å². The van der Waals surface area contributed by atoms with Crippen molar-refractivity contribution in [2.75, 3.05) is 12.4 Å². The maximum atomic E-state index is 12.5. The fraction of sp³-hybridized carbons (Fsp3) is 0.0435. The van der Waals surface area contributed by atoms with Crippen LogP contribution in [0, 0.1) is 0 Å². The predicted molar refractivity (Wildman–Crippen MR) is 109 cm³/mol. The largest absolute Gasteiger partial charge is 0.495 e. The number of anilines is 1. The zero-order chi connectivity index (χ0) is 19.5. The molecule has 1 N–H and O–H groups in total. The predicted octanol–water partition coefficient (Wildman–Crippen LogP) is 4.72. The summed E-state index contributed by atoms with van der Waals surface area (Å²) in [5.41, 5.74) is 2.34. The second kappa shape index (κ2) is 7.40. The highest BCUT2D eigenvalue weighted by Gasteiger charge is 2.11. The lowest BCUT2D eigenvalue weighted by atomic mass is 10.0. The highest BCUT2D eigenvalue weighted by molar-refractivity contribution is 6.05. The van der Waals surface area contributed by atoms with Crippen LogP contribution in [0.15, 0.2) is 88.1 Å². The van der Waals surface area contributed by atoms with Gasteiger partial charge < -0.3 is 14.5 Å². The van der Waals surface area contributed by atoms with Gasteiger partial charge in [0.15, 0.2) is 0 Å². The average molecular weight is 371 g/mol. The quantitative estimate of drug-likeness (QED) is 0.527. The monoisotopic (exact) mass is 371 g/mol. The molecule has 0 fully saturated rings. The molecule has 0 unspecified atom stereocenters. The van der Waals surface area contributed by atoms with Crippen LogP contribution in [0.4, 0.5) is 5.69 Å². The summed E-state index contributed by atoms with van der Waals surface area (Å²) in [7, 11) is 1.55. The fourth-order valence-corrected chi connectivity index (χ4v) is 3.01. The van der Waals surface area contributed by atoms with Gasteiger partial charge in [-0.15, -0.1) is 0 Å². The van der Waals surface area contributed by atoms with Crippen molar-refractivity contribution in [3.63, 3.8) is 0 Å². The van der Waals surface area contributed by atoms with Crippen LogP contribution >= 0.6 is 0 Å². The topological polar surface area (TPSA) is 68.5 Å². The van der Waals surface area contributed by atoms with E-state index in [2.05, 4.69) is 5.32 Å². The third-order valence-electron chi connectivity index (χ3n) is 4.45. The number of methoxy groups -OCH3 is 1. The number of benzene rings is 3. The Kier molecular flexibility index (Phi) is 4.64. The Morgan fingerprint density at radius 3 is 2.43 bits per heavy atom. The van der Waals surface area contributed by atoms with Crippen molar-refractivity contribution in [3.05, 3.63) is 94.8 Å². The molecule has 5 heteroatoms. The molecule has 1 amide bonds. The molecule has 0 saturated heterocycles. The molecule has 5 nitrogen and oxygen atoms in total. The van der Waals surface area contributed by atoms with E-state index in [0.717, 1.165) is 5.39 Å². The molecule has 138 valence electrons. The molecule has 0 aliphatic heterocycles. The van der Waals surface area contributed by atoms with Gasteiger partial charge in [0.25, 0.3) is 5.91 Å². The Balaban J connectivity index is 1.61. The maximum absolute atomic E-state index is 12.5. The lowest BCUT2D eigenvalue weighted by Gasteiger charge is -2.10. The lowest BCUT2D eigenvalue weighted by molar-refractivity contribution is 0.102. The Bertz CT molecular complexity index is 1210. The minimum Gasteiger partial charge on any atom is -0.495 e. The Morgan fingerprint density at radius 1 is 0.929 bits per heavy atom. The smallest absolute Gasteiger partial charge is 0.344 e. The minimum atomic E-state index is -0.412. The summed E-state index contributed by atoms with van der Waals surface area (Å²) in [5.74, 6) is 0.322. The van der Waals surface area contributed by atoms with Crippen molar-refractivity contribution < 1.29 is 13.9 Å². The molecule has 0 aliphatic carbocycles. The number of ether oxygens (including phenoxy) is 1. The molecule has 0 atom stereocenters. The van der Waals surface area contributed by atoms with Gasteiger partial charge in [0.1, 0.15) is 11.3 Å². The van der Waals surface area contributed by atoms with Gasteiger partial charge in [0.05, 0.1) is 18.4 Å². The Morgan fingerprint density at radius 2 is 1.64 bits per heavy atom. The van der Waals surface area contributed by atoms with Gasteiger partial charge >= 0.3 is 5.63 Å². The van der Waals surface area contributed by atoms with Crippen molar-refractivity contribution in [2.45, 2.75) is 0 Å². The average Bonchev–Trinajstić information content (AvgIpc) is 2.73. The zero-order valence-corrected chi connectivity index (χ0v) is 15.1. The van der Waals surface area contributed by atoms with E-state index >= 15 is 0 Å². The van der Waals surface area contributed by atoms with Crippen LogP contribution < -0.4 is 15.7 Å². The fourth-order valence-electron chi connectivity index (χ4n) is 3.01. The second-order valence-electron chi connectivity index (χ2n) is 6.22. The molecule has 0 bridgehead atoms. The number of fused-ring (bicyclic) bond motifs is 1. The molecule has 28 heavy (non-hydrogen) atoms. The summed E-state index contributed by atoms with van der Waals surface area (Å²) in [6.07, 6.45) is 0. The second-order valence-corrected chi connectivity index (χ2v) is 6.22. The number of carbonyl (C=O) groups excluding carboxylic acids is 1. The van der Waals surface area contributed by atoms with Crippen LogP contribution in [-0.2, 0) is 0 Å². The van der Waals surface area contributed by atoms with Crippen LogP contribution in [0.25, 0.3) is 22.1 Å². The van der Waals surface area contributed by atoms with Crippen LogP contribution in [-0.4, -0.2) is 13.0 Å². The molecule has 4 aromatic rings. The first-order valence-electron chi connectivity index (χ1n) is 8.73. The van der Waals surface area contributed by atoms with E-state index in [0.29, 0.717) is 33.7 Å². The summed E-state index contributed by atoms with van der Waals surface area (Å²) in [6.45, 7) is 0. The van der Waals surface area contributed by atoms with E-state index in [9.17, 15) is 9.59 Å². The van der Waals surface area contributed by atoms with Crippen molar-refractivity contribution >= 4 is 22.6 Å². The van der Waals surface area contributed by atoms with E-state index in [-0.39, 0.29) is 5.91 Å². The van der Waals surface area contributed by atoms with Gasteiger partial charge in [-0.25, -0.2) is 4.79 Å². The Hall–Kier alpha value is -3.86. The van der Waals surface area contributed by atoms with Crippen molar-refractivity contribution in [2.24, 2.45) is 0 Å². The van der Waals surface area contributed by atoms with E-state index in [1.165, 1.54) is 0 Å². The normalized spacial score (nSPS) is 10.6. The number of amides is 1. The zero-order valence-electron chi connectivity index (χ0n) is 15.1. The van der Waals surface area contributed by atoms with Crippen molar-refractivity contribution in [3.8, 4) is 16.9 Å². The summed E-state index contributed by atoms with van der Waals surface area (Å²) in [5, 5.41) is 3.67. The molecule has 1 aromatic heterocycles. The number of rotatable bonds is 4. The molecule has 4 rings (SSSR count). The van der Waals surface area contributed by atoms with Crippen molar-refractivity contribution in [1.29, 1.82) is 0 Å². The van der Waals surface area contributed by atoms with Gasteiger partial charge in [0.2, 0.25) is 0 Å². The molecule has 0 spiro atoms. The molecule has 0 saturated carbocycles. The van der Waals surface area contributed by atoms with E-state index in [4.69, 9.17) is 9.15 Å². The molecular formula is C23H17NO4. The summed E-state index contributed by atoms with van der Waals surface area (Å²) < 4.78 is 10.6. The minimum absolute atomic E-state index is 0.262. The van der Waals surface area contributed by atoms with Gasteiger partial charge in [0, 0.05) is 10.9 Å². The molecule has 3 aromatic carbocycles. The third-order valence-corrected chi connectivity index (χ3v) is 4.45. The number of hydrogen-bond donors (Lipinski definition) is 1. The van der Waals surface area contributed by atoms with Gasteiger partial charge in [-0.1, -0.05) is 42.5 Å². The molecule has 0 aliphatic rings. The standard InChI is InChI=1S/C23H17NO4/c1-27-21-9-5-3-7-19(21)24-22(25)16-12-10-15(11-13-16)18-14-17-6-2-4-8-20(17)28-23(18)26/h2-14H,1H3,(H,24,25). The molecular weight excluding hydrogens is 354 g/mol. The highest BCUT2D eigenvalue weighted by Crippen LogP contribution is 2.25. The number of hydrogen-bond acceptors (Lipinski definition) is 4. The van der Waals surface area contributed by atoms with Gasteiger partial charge in [-0.05, 0) is 42.0 Å². The first-order valence-corrected chi connectivity index (χ1v) is 8.73. The first-order chi connectivity index (χ1) is 13.7. The van der Waals surface area contributed by atoms with Crippen LogP contribution in [0.1, 0.15) is 10.4 Å². The molecule has 1 heterocycles. The summed E-state index contributed by atoms with van der Waals surface area (Å²) in [6, 6.07) is 23.2. The van der Waals surface area contributed by atoms with Crippen LogP contribution in [0.5, 0.6) is 5.75 Å².